The standard InChI is InChI=1S/C21H27ClN2O2.C21H31N5O2.C19H21NO.C9H8N2.C2HCl3O.H2O/c22-20-8-6-19(7-9-20)21(18-4-2-1-3-5-18)24-12-10-23(11-13-24)14-16-26-17-15-25;27-18-16-21(6-1-2-7-21)17-19(28)26(18)11-4-3-10-24-12-14-25(15-13-24)20-22-8-5-9-23-20;1-20(2)13-7-11-17-16-9-4-3-8-15(16)14-21-19-12-6-5-10-18(17)19;1-2-6-9-8(4-1)5-3-7-10-11-9;3-2(4,5)1-6;/h1-9,21,25H,10-17H2;5,8-9H,1-4,6-7,10-17H2;3-6,8-12H,7,13-14H2,1-2H3;1-7,11H;1H;1H2. The number of nitrogens with one attached hydrogen (secondary N) is 1. The van der Waals surface area contributed by atoms with Crippen molar-refractivity contribution in [2.75, 3.05) is 123 Å². The Morgan fingerprint density at radius 1 is 0.720 bits per heavy atom. The number of aldehydes is 1. The van der Waals surface area contributed by atoms with Crippen LogP contribution in [0.2, 0.25) is 5.02 Å². The second-order valence-corrected chi connectivity index (χ2v) is 26.6. The third-order valence-electron chi connectivity index (χ3n) is 17.0. The molecule has 2 amide bonds. The molecule has 21 heteroatoms. The molecule has 498 valence electrons. The number of rotatable bonds is 17. The van der Waals surface area contributed by atoms with E-state index in [4.69, 9.17) is 61.0 Å². The summed E-state index contributed by atoms with van der Waals surface area (Å²) in [5.41, 5.74) is 12.8. The number of hydrogen-bond donors (Lipinski definition) is 2. The molecule has 3 saturated heterocycles. The lowest BCUT2D eigenvalue weighted by Crippen LogP contribution is -2.48. The number of alkyl halides is 3. The number of piperidine rings is 1. The van der Waals surface area contributed by atoms with Crippen LogP contribution in [0.4, 0.5) is 11.6 Å². The van der Waals surface area contributed by atoms with Gasteiger partial charge in [-0.25, -0.2) is 9.97 Å². The fraction of sp³-hybridized carbons (Fsp3) is 0.417. The van der Waals surface area contributed by atoms with E-state index in [9.17, 15) is 14.4 Å². The van der Waals surface area contributed by atoms with Crippen molar-refractivity contribution in [3.8, 4) is 5.75 Å². The average Bonchev–Trinajstić information content (AvgIpc) is 1.80. The molecule has 1 aliphatic carbocycles. The van der Waals surface area contributed by atoms with Gasteiger partial charge in [-0.15, -0.1) is 0 Å². The Hall–Kier alpha value is -6.58. The van der Waals surface area contributed by atoms with Crippen LogP contribution in [0.3, 0.4) is 0 Å². The zero-order valence-corrected chi connectivity index (χ0v) is 56.5. The van der Waals surface area contributed by atoms with Gasteiger partial charge < -0.3 is 29.9 Å². The minimum absolute atomic E-state index is 0. The summed E-state index contributed by atoms with van der Waals surface area (Å²) in [6.07, 6.45) is 20.4. The molecule has 1 spiro atoms. The molecule has 93 heavy (non-hydrogen) atoms. The Morgan fingerprint density at radius 3 is 2.00 bits per heavy atom. The number of fused-ring (bicyclic) bond motifs is 3. The Morgan fingerprint density at radius 2 is 1.32 bits per heavy atom. The molecular formula is C72H90Cl4N10O7. The van der Waals surface area contributed by atoms with Gasteiger partial charge in [-0.05, 0) is 128 Å². The van der Waals surface area contributed by atoms with Crippen molar-refractivity contribution in [2.45, 2.75) is 74.2 Å². The SMILES string of the molecule is C1=Cc2ccccc2NN=C1.CN(C)CCC=C1c2ccccc2COc2ccccc21.O.O=C1CC2(CCCC2)CC(=O)N1CCCCN1CCN(c2ncccn2)CC1.O=CC(Cl)(Cl)Cl.OCCOCCN1CCN(C(c2ccccc2)c2ccc(Cl)cc2)CC1. The third-order valence-corrected chi connectivity index (χ3v) is 17.5. The van der Waals surface area contributed by atoms with Gasteiger partial charge in [-0.3, -0.25) is 39.4 Å². The summed E-state index contributed by atoms with van der Waals surface area (Å²) in [6, 6.07) is 45.9. The predicted molar refractivity (Wildman–Crippen MR) is 377 cm³/mol. The number of carbonyl (C=O) groups excluding carboxylic acids is 3. The van der Waals surface area contributed by atoms with Crippen molar-refractivity contribution in [2.24, 2.45) is 10.5 Å². The fourth-order valence-corrected chi connectivity index (χ4v) is 12.4. The second kappa shape index (κ2) is 38.7. The Kier molecular flexibility index (Phi) is 30.7. The van der Waals surface area contributed by atoms with Gasteiger partial charge in [0.05, 0.1) is 31.5 Å². The molecule has 6 aromatic rings. The summed E-state index contributed by atoms with van der Waals surface area (Å²) in [5, 5.41) is 13.5. The van der Waals surface area contributed by atoms with Crippen LogP contribution in [0.1, 0.15) is 97.2 Å². The number of unbranched alkanes of at least 4 members (excludes halogenated alkanes) is 1. The number of carbonyl (C=O) groups is 3. The minimum Gasteiger partial charge on any atom is -0.488 e. The smallest absolute Gasteiger partial charge is 0.245 e. The number of para-hydroxylation sites is 2. The number of hydrazone groups is 1. The zero-order valence-electron chi connectivity index (χ0n) is 53.5. The maximum absolute atomic E-state index is 12.5. The normalized spacial score (nSPS) is 17.5. The molecule has 17 nitrogen and oxygen atoms in total. The Labute approximate surface area is 569 Å². The van der Waals surface area contributed by atoms with Crippen molar-refractivity contribution in [1.29, 1.82) is 0 Å². The van der Waals surface area contributed by atoms with Crippen LogP contribution < -0.4 is 15.1 Å². The molecule has 6 heterocycles. The van der Waals surface area contributed by atoms with Crippen LogP contribution >= 0.6 is 46.4 Å². The number of piperazine rings is 2. The highest BCUT2D eigenvalue weighted by atomic mass is 35.6. The van der Waals surface area contributed by atoms with Gasteiger partial charge in [-0.2, -0.15) is 5.10 Å². The zero-order chi connectivity index (χ0) is 65.0. The number of nitrogens with zero attached hydrogens (tertiary/aromatic N) is 9. The summed E-state index contributed by atoms with van der Waals surface area (Å²) in [4.78, 5) is 56.5. The highest BCUT2D eigenvalue weighted by Crippen LogP contribution is 2.47. The summed E-state index contributed by atoms with van der Waals surface area (Å²) in [5.74, 6) is 1.92. The van der Waals surface area contributed by atoms with Gasteiger partial charge >= 0.3 is 0 Å². The molecule has 1 aromatic heterocycles. The molecule has 5 aliphatic heterocycles. The van der Waals surface area contributed by atoms with Gasteiger partial charge in [0.25, 0.3) is 0 Å². The first-order valence-corrected chi connectivity index (χ1v) is 33.5. The minimum atomic E-state index is -1.72. The van der Waals surface area contributed by atoms with Crippen molar-refractivity contribution in [1.82, 2.24) is 34.5 Å². The molecule has 12 rings (SSSR count). The molecule has 1 unspecified atom stereocenters. The first kappa shape index (κ1) is 73.8. The van der Waals surface area contributed by atoms with Crippen molar-refractivity contribution >= 4 is 94.0 Å². The maximum Gasteiger partial charge on any atom is 0.245 e. The van der Waals surface area contributed by atoms with E-state index in [1.165, 1.54) is 56.7 Å². The van der Waals surface area contributed by atoms with Gasteiger partial charge in [-0.1, -0.05) is 175 Å². The molecule has 0 bridgehead atoms. The summed E-state index contributed by atoms with van der Waals surface area (Å²) in [6.45, 7) is 13.4. The van der Waals surface area contributed by atoms with Crippen LogP contribution in [0.15, 0.2) is 163 Å². The molecule has 6 aliphatic rings. The molecule has 4 fully saturated rings. The van der Waals surface area contributed by atoms with E-state index in [0.29, 0.717) is 39.2 Å². The number of benzene rings is 5. The van der Waals surface area contributed by atoms with Gasteiger partial charge in [0.1, 0.15) is 12.4 Å². The Balaban J connectivity index is 0.000000175. The van der Waals surface area contributed by atoms with Crippen LogP contribution in [-0.4, -0.2) is 186 Å². The van der Waals surface area contributed by atoms with E-state index in [2.05, 4.69) is 150 Å². The van der Waals surface area contributed by atoms with E-state index in [1.807, 2.05) is 60.7 Å². The number of hydrogen-bond acceptors (Lipinski definition) is 15. The number of aliphatic hydroxyl groups excluding tert-OH is 1. The summed E-state index contributed by atoms with van der Waals surface area (Å²) >= 11 is 20.7. The first-order chi connectivity index (χ1) is 44.7. The number of halogens is 4. The highest BCUT2D eigenvalue weighted by molar-refractivity contribution is 6.74. The average molecular weight is 1350 g/mol. The number of ether oxygens (including phenoxy) is 2. The number of likely N-dealkylation sites (tertiary alicyclic amines) is 1. The summed E-state index contributed by atoms with van der Waals surface area (Å²) < 4.78 is 9.65. The molecular weight excluding hydrogens is 1260 g/mol. The first-order valence-electron chi connectivity index (χ1n) is 32.0. The Bertz CT molecular complexity index is 3230. The van der Waals surface area contributed by atoms with E-state index < -0.39 is 3.79 Å². The van der Waals surface area contributed by atoms with Crippen LogP contribution in [-0.2, 0) is 25.7 Å². The van der Waals surface area contributed by atoms with Crippen molar-refractivity contribution in [3.63, 3.8) is 0 Å². The topological polar surface area (TPSA) is 191 Å². The maximum atomic E-state index is 12.5. The lowest BCUT2D eigenvalue weighted by atomic mass is 9.76. The highest BCUT2D eigenvalue weighted by Gasteiger charge is 2.45. The molecule has 4 N–H and O–H groups in total. The largest absolute Gasteiger partial charge is 0.488 e. The summed E-state index contributed by atoms with van der Waals surface area (Å²) in [7, 11) is 4.22. The van der Waals surface area contributed by atoms with Gasteiger partial charge in [0, 0.05) is 114 Å². The molecule has 1 atom stereocenters. The fourth-order valence-electron chi connectivity index (χ4n) is 12.2. The monoisotopic (exact) mass is 1350 g/mol. The number of allylic oxidation sites excluding steroid dienone is 1. The number of imide groups is 1. The van der Waals surface area contributed by atoms with Gasteiger partial charge in [0.15, 0.2) is 6.29 Å². The number of aromatic nitrogens is 2. The third kappa shape index (κ3) is 23.7. The van der Waals surface area contributed by atoms with E-state index in [1.54, 1.807) is 18.6 Å². The quantitative estimate of drug-likeness (QED) is 0.0379. The van der Waals surface area contributed by atoms with Crippen molar-refractivity contribution in [3.05, 3.63) is 196 Å². The predicted octanol–water partition coefficient (Wildman–Crippen LogP) is 11.9. The number of aliphatic hydroxyl groups is 1. The lowest BCUT2D eigenvalue weighted by molar-refractivity contribution is -0.153. The number of anilines is 2. The molecule has 1 saturated carbocycles. The lowest BCUT2D eigenvalue weighted by Gasteiger charge is -2.39. The van der Waals surface area contributed by atoms with Crippen LogP contribution in [0.25, 0.3) is 11.6 Å². The molecule has 0 radical (unpaired) electrons. The van der Waals surface area contributed by atoms with Crippen molar-refractivity contribution < 1.29 is 34.4 Å². The van der Waals surface area contributed by atoms with Crippen LogP contribution in [0, 0.1) is 5.41 Å². The van der Waals surface area contributed by atoms with Gasteiger partial charge in [0.2, 0.25) is 21.6 Å². The van der Waals surface area contributed by atoms with Crippen LogP contribution in [0.5, 0.6) is 5.75 Å². The van der Waals surface area contributed by atoms with E-state index in [-0.39, 0.29) is 41.6 Å². The number of amides is 2. The van der Waals surface area contributed by atoms with E-state index in [0.717, 1.165) is 127 Å². The molecule has 5 aromatic carbocycles. The second-order valence-electron chi connectivity index (χ2n) is 23.8. The van der Waals surface area contributed by atoms with E-state index >= 15 is 0 Å².